The lowest BCUT2D eigenvalue weighted by atomic mass is 9.90. The van der Waals surface area contributed by atoms with Crippen LogP contribution in [0.1, 0.15) is 36.0 Å². The van der Waals surface area contributed by atoms with Crippen molar-refractivity contribution in [1.29, 1.82) is 0 Å². The lowest BCUT2D eigenvalue weighted by molar-refractivity contribution is 0.0912. The third kappa shape index (κ3) is 2.76. The van der Waals surface area contributed by atoms with Crippen LogP contribution in [0.4, 0.5) is 0 Å². The van der Waals surface area contributed by atoms with E-state index in [2.05, 4.69) is 34.4 Å². The molecule has 0 spiro atoms. The summed E-state index contributed by atoms with van der Waals surface area (Å²) in [6.07, 6.45) is 7.18. The van der Waals surface area contributed by atoms with Crippen LogP contribution >= 0.6 is 0 Å². The van der Waals surface area contributed by atoms with Gasteiger partial charge in [0, 0.05) is 30.5 Å². The lowest BCUT2D eigenvalue weighted by Crippen LogP contribution is -2.43. The van der Waals surface area contributed by atoms with Gasteiger partial charge in [-0.25, -0.2) is 9.50 Å². The van der Waals surface area contributed by atoms with Gasteiger partial charge < -0.3 is 10.2 Å². The number of rotatable bonds is 3. The molecule has 1 aliphatic carbocycles. The Bertz CT molecular complexity index is 733. The minimum atomic E-state index is -0.227. The van der Waals surface area contributed by atoms with E-state index >= 15 is 0 Å². The zero-order valence-electron chi connectivity index (χ0n) is 12.9. The number of carbonyl (C=O) groups is 1. The highest BCUT2D eigenvalue weighted by Gasteiger charge is 2.25. The Morgan fingerprint density at radius 3 is 3.05 bits per heavy atom. The summed E-state index contributed by atoms with van der Waals surface area (Å²) in [6.45, 7) is 0. The summed E-state index contributed by atoms with van der Waals surface area (Å²) in [6, 6.07) is 2.02. The minimum Gasteiger partial charge on any atom is -0.349 e. The standard InChI is InChI=1S/C15H21N5O2/c1-19(2)11-5-3-4-10(8-11)18-15(22)12-9-17-20-13(21)6-7-16-14(12)20/h6-7,9-11,17H,3-5,8H2,1-2H3,(H,18,22). The van der Waals surface area contributed by atoms with Crippen LogP contribution in [0.25, 0.3) is 5.65 Å². The maximum atomic E-state index is 12.5. The Morgan fingerprint density at radius 1 is 1.45 bits per heavy atom. The van der Waals surface area contributed by atoms with E-state index in [1.165, 1.54) is 29.4 Å². The molecule has 2 aromatic heterocycles. The molecule has 1 fully saturated rings. The van der Waals surface area contributed by atoms with Crippen molar-refractivity contribution in [1.82, 2.24) is 24.8 Å². The van der Waals surface area contributed by atoms with E-state index in [1.807, 2.05) is 0 Å². The van der Waals surface area contributed by atoms with E-state index < -0.39 is 0 Å². The highest BCUT2D eigenvalue weighted by molar-refractivity contribution is 5.99. The monoisotopic (exact) mass is 303 g/mol. The molecule has 7 heteroatoms. The molecule has 1 aliphatic rings. The number of hydrogen-bond acceptors (Lipinski definition) is 4. The molecule has 0 aromatic carbocycles. The highest BCUT2D eigenvalue weighted by Crippen LogP contribution is 2.22. The molecule has 0 saturated heterocycles. The number of carbonyl (C=O) groups excluding carboxylic acids is 1. The smallest absolute Gasteiger partial charge is 0.272 e. The second kappa shape index (κ2) is 5.92. The van der Waals surface area contributed by atoms with Gasteiger partial charge in [0.25, 0.3) is 11.5 Å². The van der Waals surface area contributed by atoms with Crippen molar-refractivity contribution < 1.29 is 4.79 Å². The molecule has 118 valence electrons. The second-order valence-electron chi connectivity index (χ2n) is 6.08. The molecule has 2 heterocycles. The van der Waals surface area contributed by atoms with Gasteiger partial charge in [-0.1, -0.05) is 0 Å². The fourth-order valence-corrected chi connectivity index (χ4v) is 3.11. The van der Waals surface area contributed by atoms with Crippen molar-refractivity contribution in [2.45, 2.75) is 37.8 Å². The fraction of sp³-hybridized carbons (Fsp3) is 0.533. The Balaban J connectivity index is 1.76. The molecule has 0 aliphatic heterocycles. The summed E-state index contributed by atoms with van der Waals surface area (Å²) in [4.78, 5) is 30.5. The molecule has 0 radical (unpaired) electrons. The molecule has 1 amide bonds. The molecule has 3 rings (SSSR count). The normalized spacial score (nSPS) is 22.1. The number of H-pyrrole nitrogens is 1. The molecule has 1 saturated carbocycles. The van der Waals surface area contributed by atoms with E-state index in [9.17, 15) is 9.59 Å². The van der Waals surface area contributed by atoms with Crippen molar-refractivity contribution in [3.8, 4) is 0 Å². The summed E-state index contributed by atoms with van der Waals surface area (Å²) in [7, 11) is 4.15. The average Bonchev–Trinajstić information content (AvgIpc) is 2.93. The van der Waals surface area contributed by atoms with Crippen LogP contribution < -0.4 is 10.9 Å². The Kier molecular flexibility index (Phi) is 3.98. The SMILES string of the molecule is CN(C)C1CCCC(NC(=O)c2c[nH]n3c(=O)ccnc23)C1. The molecule has 0 bridgehead atoms. The first kappa shape index (κ1) is 14.8. The van der Waals surface area contributed by atoms with Crippen molar-refractivity contribution in [2.24, 2.45) is 0 Å². The van der Waals surface area contributed by atoms with Gasteiger partial charge in [-0.3, -0.25) is 14.7 Å². The number of amides is 1. The van der Waals surface area contributed by atoms with Crippen LogP contribution in [0.15, 0.2) is 23.3 Å². The number of nitrogens with zero attached hydrogens (tertiary/aromatic N) is 3. The van der Waals surface area contributed by atoms with Crippen LogP contribution in [0.5, 0.6) is 0 Å². The summed E-state index contributed by atoms with van der Waals surface area (Å²) in [5.41, 5.74) is 0.545. The second-order valence-corrected chi connectivity index (χ2v) is 6.08. The van der Waals surface area contributed by atoms with Gasteiger partial charge >= 0.3 is 0 Å². The Labute approximate surface area is 128 Å². The summed E-state index contributed by atoms with van der Waals surface area (Å²) < 4.78 is 1.28. The minimum absolute atomic E-state index is 0.166. The van der Waals surface area contributed by atoms with Crippen LogP contribution in [0.2, 0.25) is 0 Å². The molecule has 22 heavy (non-hydrogen) atoms. The summed E-state index contributed by atoms with van der Waals surface area (Å²) in [5, 5.41) is 5.85. The first-order valence-corrected chi connectivity index (χ1v) is 7.58. The molecule has 2 unspecified atom stereocenters. The number of hydrogen-bond donors (Lipinski definition) is 2. The third-order valence-corrected chi connectivity index (χ3v) is 4.38. The molecule has 2 aromatic rings. The Hall–Kier alpha value is -2.15. The van der Waals surface area contributed by atoms with E-state index in [4.69, 9.17) is 0 Å². The summed E-state index contributed by atoms with van der Waals surface area (Å²) >= 11 is 0. The number of nitrogens with one attached hydrogen (secondary N) is 2. The summed E-state index contributed by atoms with van der Waals surface area (Å²) in [5.74, 6) is -0.179. The van der Waals surface area contributed by atoms with E-state index in [1.54, 1.807) is 0 Å². The van der Waals surface area contributed by atoms with Crippen molar-refractivity contribution in [3.05, 3.63) is 34.4 Å². The molecule has 2 N–H and O–H groups in total. The molecule has 7 nitrogen and oxygen atoms in total. The number of aromatic nitrogens is 3. The van der Waals surface area contributed by atoms with Crippen molar-refractivity contribution in [3.63, 3.8) is 0 Å². The fourth-order valence-electron chi connectivity index (χ4n) is 3.11. The van der Waals surface area contributed by atoms with Gasteiger partial charge in [0.15, 0.2) is 5.65 Å². The predicted molar refractivity (Wildman–Crippen MR) is 83.0 cm³/mol. The van der Waals surface area contributed by atoms with E-state index in [0.717, 1.165) is 19.3 Å². The predicted octanol–water partition coefficient (Wildman–Crippen LogP) is 0.625. The largest absolute Gasteiger partial charge is 0.349 e. The zero-order valence-corrected chi connectivity index (χ0v) is 12.9. The first-order valence-electron chi connectivity index (χ1n) is 7.58. The van der Waals surface area contributed by atoms with Gasteiger partial charge in [-0.15, -0.1) is 0 Å². The van der Waals surface area contributed by atoms with E-state index in [0.29, 0.717) is 17.3 Å². The third-order valence-electron chi connectivity index (χ3n) is 4.38. The van der Waals surface area contributed by atoms with Crippen molar-refractivity contribution in [2.75, 3.05) is 14.1 Å². The molecule has 2 atom stereocenters. The van der Waals surface area contributed by atoms with Gasteiger partial charge in [0.05, 0.1) is 0 Å². The molecular formula is C15H21N5O2. The van der Waals surface area contributed by atoms with Gasteiger partial charge in [-0.05, 0) is 39.8 Å². The molecular weight excluding hydrogens is 282 g/mol. The number of fused-ring (bicyclic) bond motifs is 1. The Morgan fingerprint density at radius 2 is 2.27 bits per heavy atom. The quantitative estimate of drug-likeness (QED) is 0.871. The lowest BCUT2D eigenvalue weighted by Gasteiger charge is -2.33. The average molecular weight is 303 g/mol. The zero-order chi connectivity index (χ0) is 15.7. The van der Waals surface area contributed by atoms with Crippen LogP contribution in [-0.2, 0) is 0 Å². The topological polar surface area (TPSA) is 82.5 Å². The highest BCUT2D eigenvalue weighted by atomic mass is 16.2. The van der Waals surface area contributed by atoms with E-state index in [-0.39, 0.29) is 17.5 Å². The number of aromatic amines is 1. The van der Waals surface area contributed by atoms with Gasteiger partial charge in [-0.2, -0.15) is 0 Å². The maximum absolute atomic E-state index is 12.5. The van der Waals surface area contributed by atoms with Crippen LogP contribution in [0.3, 0.4) is 0 Å². The van der Waals surface area contributed by atoms with Gasteiger partial charge in [0.2, 0.25) is 0 Å². The van der Waals surface area contributed by atoms with Crippen molar-refractivity contribution >= 4 is 11.6 Å². The first-order chi connectivity index (χ1) is 10.6. The van der Waals surface area contributed by atoms with Crippen LogP contribution in [-0.4, -0.2) is 51.6 Å². The van der Waals surface area contributed by atoms with Gasteiger partial charge in [0.1, 0.15) is 5.56 Å². The van der Waals surface area contributed by atoms with Crippen LogP contribution in [0, 0.1) is 0 Å². The maximum Gasteiger partial charge on any atom is 0.272 e.